The number of rotatable bonds is 4. The summed E-state index contributed by atoms with van der Waals surface area (Å²) in [5.74, 6) is 2.24. The fraction of sp³-hybridized carbons (Fsp3) is 0.0909. The Bertz CT molecular complexity index is 1150. The molecule has 1 N–H and O–H groups in total. The van der Waals surface area contributed by atoms with Crippen molar-refractivity contribution in [3.63, 3.8) is 0 Å². The number of thiazole rings is 1. The van der Waals surface area contributed by atoms with Crippen molar-refractivity contribution in [2.45, 2.75) is 0 Å². The fourth-order valence-electron chi connectivity index (χ4n) is 3.04. The standard InChI is InChI=1S/C22H16N2O4S/c25-21(15-8-4-5-9-17(15)28-14-6-2-1-3-7-14)24-22-23-16-12-18-19(13-20(16)29-22)27-11-10-26-18/h1-9,12-13H,10-11H2,(H,23,24,25). The molecule has 0 aliphatic carbocycles. The van der Waals surface area contributed by atoms with E-state index in [0.29, 0.717) is 46.9 Å². The van der Waals surface area contributed by atoms with E-state index >= 15 is 0 Å². The quantitative estimate of drug-likeness (QED) is 0.512. The minimum Gasteiger partial charge on any atom is -0.486 e. The van der Waals surface area contributed by atoms with Gasteiger partial charge >= 0.3 is 0 Å². The van der Waals surface area contributed by atoms with Gasteiger partial charge in [0.05, 0.1) is 15.8 Å². The first-order valence-corrected chi connectivity index (χ1v) is 9.91. The molecule has 0 radical (unpaired) electrons. The number of nitrogens with one attached hydrogen (secondary N) is 1. The Morgan fingerprint density at radius 2 is 1.69 bits per heavy atom. The Morgan fingerprint density at radius 3 is 2.52 bits per heavy atom. The van der Waals surface area contributed by atoms with Crippen LogP contribution in [-0.4, -0.2) is 24.1 Å². The SMILES string of the molecule is O=C(Nc1nc2cc3c(cc2s1)OCCO3)c1ccccc1Oc1ccccc1. The van der Waals surface area contributed by atoms with Crippen LogP contribution in [0.3, 0.4) is 0 Å². The van der Waals surface area contributed by atoms with Crippen molar-refractivity contribution in [3.8, 4) is 23.0 Å². The number of anilines is 1. The minimum atomic E-state index is -0.284. The van der Waals surface area contributed by atoms with E-state index in [1.165, 1.54) is 11.3 Å². The smallest absolute Gasteiger partial charge is 0.261 e. The van der Waals surface area contributed by atoms with Crippen LogP contribution in [0, 0.1) is 0 Å². The summed E-state index contributed by atoms with van der Waals surface area (Å²) < 4.78 is 18.0. The Balaban J connectivity index is 1.40. The zero-order valence-electron chi connectivity index (χ0n) is 15.3. The van der Waals surface area contributed by atoms with Gasteiger partial charge in [0.2, 0.25) is 0 Å². The van der Waals surface area contributed by atoms with Crippen molar-refractivity contribution in [2.24, 2.45) is 0 Å². The van der Waals surface area contributed by atoms with Gasteiger partial charge in [-0.05, 0) is 24.3 Å². The lowest BCUT2D eigenvalue weighted by atomic mass is 10.2. The number of hydrogen-bond acceptors (Lipinski definition) is 6. The maximum Gasteiger partial charge on any atom is 0.261 e. The number of benzene rings is 3. The first kappa shape index (κ1) is 17.5. The third-order valence-corrected chi connectivity index (χ3v) is 5.31. The number of carbonyl (C=O) groups is 1. The number of ether oxygens (including phenoxy) is 3. The van der Waals surface area contributed by atoms with Crippen LogP contribution >= 0.6 is 11.3 Å². The summed E-state index contributed by atoms with van der Waals surface area (Å²) in [6.45, 7) is 1.05. The van der Waals surface area contributed by atoms with E-state index in [4.69, 9.17) is 14.2 Å². The van der Waals surface area contributed by atoms with Crippen LogP contribution in [-0.2, 0) is 0 Å². The second-order valence-corrected chi connectivity index (χ2v) is 7.38. The van der Waals surface area contributed by atoms with E-state index in [1.807, 2.05) is 48.5 Å². The van der Waals surface area contributed by atoms with Crippen molar-refractivity contribution in [1.29, 1.82) is 0 Å². The largest absolute Gasteiger partial charge is 0.486 e. The average Bonchev–Trinajstić information content (AvgIpc) is 3.14. The van der Waals surface area contributed by atoms with Gasteiger partial charge < -0.3 is 14.2 Å². The van der Waals surface area contributed by atoms with E-state index < -0.39 is 0 Å². The summed E-state index contributed by atoms with van der Waals surface area (Å²) in [6.07, 6.45) is 0. The molecular formula is C22H16N2O4S. The molecule has 7 heteroatoms. The van der Waals surface area contributed by atoms with Crippen molar-refractivity contribution >= 4 is 32.6 Å². The summed E-state index contributed by atoms with van der Waals surface area (Å²) in [4.78, 5) is 17.4. The summed E-state index contributed by atoms with van der Waals surface area (Å²) in [7, 11) is 0. The van der Waals surface area contributed by atoms with Crippen LogP contribution < -0.4 is 19.5 Å². The van der Waals surface area contributed by atoms with Crippen molar-refractivity contribution in [3.05, 3.63) is 72.3 Å². The third-order valence-electron chi connectivity index (χ3n) is 4.38. The summed E-state index contributed by atoms with van der Waals surface area (Å²) in [6, 6.07) is 20.2. The molecule has 5 rings (SSSR count). The Kier molecular flexibility index (Phi) is 4.50. The molecule has 0 bridgehead atoms. The highest BCUT2D eigenvalue weighted by atomic mass is 32.1. The zero-order valence-corrected chi connectivity index (χ0v) is 16.1. The molecule has 4 aromatic rings. The Hall–Kier alpha value is -3.58. The van der Waals surface area contributed by atoms with Gasteiger partial charge in [-0.15, -0.1) is 0 Å². The number of nitrogens with zero attached hydrogens (tertiary/aromatic N) is 1. The van der Waals surface area contributed by atoms with Crippen LogP contribution in [0.15, 0.2) is 66.7 Å². The summed E-state index contributed by atoms with van der Waals surface area (Å²) in [5.41, 5.74) is 1.19. The molecule has 1 aliphatic heterocycles. The maximum absolute atomic E-state index is 12.9. The number of hydrogen-bond donors (Lipinski definition) is 1. The highest BCUT2D eigenvalue weighted by Crippen LogP contribution is 2.38. The molecule has 1 aliphatic rings. The van der Waals surface area contributed by atoms with Gasteiger partial charge in [-0.2, -0.15) is 0 Å². The van der Waals surface area contributed by atoms with Crippen LogP contribution in [0.2, 0.25) is 0 Å². The van der Waals surface area contributed by atoms with Crippen molar-refractivity contribution in [2.75, 3.05) is 18.5 Å². The summed E-state index contributed by atoms with van der Waals surface area (Å²) in [5, 5.41) is 3.37. The Morgan fingerprint density at radius 1 is 0.966 bits per heavy atom. The predicted molar refractivity (Wildman–Crippen MR) is 112 cm³/mol. The van der Waals surface area contributed by atoms with E-state index in [0.717, 1.165) is 10.2 Å². The monoisotopic (exact) mass is 404 g/mol. The normalized spacial score (nSPS) is 12.6. The van der Waals surface area contributed by atoms with Crippen LogP contribution in [0.4, 0.5) is 5.13 Å². The lowest BCUT2D eigenvalue weighted by Gasteiger charge is -2.17. The van der Waals surface area contributed by atoms with Gasteiger partial charge in [0.1, 0.15) is 24.7 Å². The molecule has 0 atom stereocenters. The summed E-state index contributed by atoms with van der Waals surface area (Å²) >= 11 is 1.38. The number of aromatic nitrogens is 1. The highest BCUT2D eigenvalue weighted by molar-refractivity contribution is 7.22. The number of para-hydroxylation sites is 2. The highest BCUT2D eigenvalue weighted by Gasteiger charge is 2.18. The molecule has 6 nitrogen and oxygen atoms in total. The average molecular weight is 404 g/mol. The molecule has 3 aromatic carbocycles. The van der Waals surface area contributed by atoms with E-state index in [2.05, 4.69) is 10.3 Å². The van der Waals surface area contributed by atoms with Crippen LogP contribution in [0.25, 0.3) is 10.2 Å². The fourth-order valence-corrected chi connectivity index (χ4v) is 3.91. The van der Waals surface area contributed by atoms with Gasteiger partial charge in [0, 0.05) is 12.1 Å². The number of fused-ring (bicyclic) bond motifs is 2. The molecule has 1 aromatic heterocycles. The molecule has 144 valence electrons. The Labute approximate surface area is 170 Å². The number of amides is 1. The molecular weight excluding hydrogens is 388 g/mol. The van der Waals surface area contributed by atoms with Crippen LogP contribution in [0.1, 0.15) is 10.4 Å². The maximum atomic E-state index is 12.9. The molecule has 2 heterocycles. The molecule has 29 heavy (non-hydrogen) atoms. The van der Waals surface area contributed by atoms with Gasteiger partial charge in [0.15, 0.2) is 16.6 Å². The number of carbonyl (C=O) groups excluding carboxylic acids is 1. The molecule has 0 fully saturated rings. The minimum absolute atomic E-state index is 0.284. The van der Waals surface area contributed by atoms with Crippen molar-refractivity contribution in [1.82, 2.24) is 4.98 Å². The van der Waals surface area contributed by atoms with E-state index in [1.54, 1.807) is 18.2 Å². The first-order valence-electron chi connectivity index (χ1n) is 9.10. The molecule has 0 spiro atoms. The molecule has 1 amide bonds. The molecule has 0 saturated carbocycles. The zero-order chi connectivity index (χ0) is 19.6. The van der Waals surface area contributed by atoms with Gasteiger partial charge in [-0.25, -0.2) is 4.98 Å². The lowest BCUT2D eigenvalue weighted by Crippen LogP contribution is -2.15. The first-order chi connectivity index (χ1) is 14.3. The second kappa shape index (κ2) is 7.44. The van der Waals surface area contributed by atoms with E-state index in [9.17, 15) is 4.79 Å². The van der Waals surface area contributed by atoms with Gasteiger partial charge in [0.25, 0.3) is 5.91 Å². The third kappa shape index (κ3) is 3.60. The lowest BCUT2D eigenvalue weighted by molar-refractivity contribution is 0.102. The topological polar surface area (TPSA) is 69.7 Å². The van der Waals surface area contributed by atoms with Gasteiger partial charge in [-0.3, -0.25) is 10.1 Å². The van der Waals surface area contributed by atoms with Gasteiger partial charge in [-0.1, -0.05) is 41.7 Å². The predicted octanol–water partition coefficient (Wildman–Crippen LogP) is 5.11. The molecule has 0 saturated heterocycles. The van der Waals surface area contributed by atoms with Crippen molar-refractivity contribution < 1.29 is 19.0 Å². The van der Waals surface area contributed by atoms with Crippen LogP contribution in [0.5, 0.6) is 23.0 Å². The molecule has 0 unspecified atom stereocenters. The van der Waals surface area contributed by atoms with E-state index in [-0.39, 0.29) is 5.91 Å². The second-order valence-electron chi connectivity index (χ2n) is 6.35.